The molecule has 0 spiro atoms. The Balaban J connectivity index is 2.42. The van der Waals surface area contributed by atoms with Crippen LogP contribution in [0.5, 0.6) is 11.6 Å². The Labute approximate surface area is 125 Å². The van der Waals surface area contributed by atoms with Crippen LogP contribution in [-0.4, -0.2) is 16.0 Å². The van der Waals surface area contributed by atoms with Crippen molar-refractivity contribution in [2.24, 2.45) is 10.9 Å². The number of amidine groups is 1. The van der Waals surface area contributed by atoms with Gasteiger partial charge < -0.3 is 15.7 Å². The van der Waals surface area contributed by atoms with Crippen molar-refractivity contribution in [3.63, 3.8) is 0 Å². The molecule has 3 N–H and O–H groups in total. The van der Waals surface area contributed by atoms with Crippen molar-refractivity contribution in [3.8, 4) is 11.6 Å². The summed E-state index contributed by atoms with van der Waals surface area (Å²) in [7, 11) is 0. The average Bonchev–Trinajstić information content (AvgIpc) is 2.44. The van der Waals surface area contributed by atoms with Crippen molar-refractivity contribution in [1.82, 2.24) is 4.98 Å². The highest BCUT2D eigenvalue weighted by Crippen LogP contribution is 2.32. The number of aromatic nitrogens is 1. The lowest BCUT2D eigenvalue weighted by Gasteiger charge is -2.11. The first-order valence-electron chi connectivity index (χ1n) is 5.59. The maximum atomic E-state index is 8.70. The number of rotatable bonds is 3. The Morgan fingerprint density at radius 1 is 1.35 bits per heavy atom. The minimum Gasteiger partial charge on any atom is -0.437 e. The third-order valence-corrected chi connectivity index (χ3v) is 3.20. The summed E-state index contributed by atoms with van der Waals surface area (Å²) in [5, 5.41) is 12.3. The summed E-state index contributed by atoms with van der Waals surface area (Å²) in [5.74, 6) is 0.565. The predicted octanol–water partition coefficient (Wildman–Crippen LogP) is 3.58. The summed E-state index contributed by atoms with van der Waals surface area (Å²) in [6.07, 6.45) is 1.45. The first-order chi connectivity index (χ1) is 9.52. The molecule has 1 aromatic carbocycles. The molecule has 0 aliphatic carbocycles. The van der Waals surface area contributed by atoms with Gasteiger partial charge in [0.1, 0.15) is 10.8 Å². The molecule has 0 bridgehead atoms. The van der Waals surface area contributed by atoms with Gasteiger partial charge in [-0.2, -0.15) is 0 Å². The normalized spacial score (nSPS) is 11.4. The molecule has 0 saturated heterocycles. The molecule has 0 aliphatic heterocycles. The fourth-order valence-corrected chi connectivity index (χ4v) is 1.94. The fourth-order valence-electron chi connectivity index (χ4n) is 1.54. The van der Waals surface area contributed by atoms with Crippen LogP contribution in [-0.2, 0) is 0 Å². The van der Waals surface area contributed by atoms with Crippen LogP contribution in [0.1, 0.15) is 11.1 Å². The first kappa shape index (κ1) is 14.4. The Hall–Kier alpha value is -1.98. The molecule has 7 heteroatoms. The van der Waals surface area contributed by atoms with E-state index in [1.807, 2.05) is 13.0 Å². The number of ether oxygens (including phenoxy) is 1. The van der Waals surface area contributed by atoms with Gasteiger partial charge in [-0.25, -0.2) is 4.98 Å². The zero-order valence-electron chi connectivity index (χ0n) is 10.5. The molecule has 2 rings (SSSR count). The van der Waals surface area contributed by atoms with Crippen LogP contribution >= 0.6 is 23.2 Å². The third kappa shape index (κ3) is 2.95. The molecule has 1 heterocycles. The minimum atomic E-state index is -0.120. The molecule has 5 nitrogen and oxygen atoms in total. The second kappa shape index (κ2) is 5.98. The first-order valence-corrected chi connectivity index (χ1v) is 6.35. The van der Waals surface area contributed by atoms with Gasteiger partial charge in [0.15, 0.2) is 5.84 Å². The van der Waals surface area contributed by atoms with E-state index in [1.54, 1.807) is 12.1 Å². The zero-order valence-corrected chi connectivity index (χ0v) is 12.0. The van der Waals surface area contributed by atoms with Crippen molar-refractivity contribution >= 4 is 29.0 Å². The second-order valence-electron chi connectivity index (χ2n) is 3.97. The highest BCUT2D eigenvalue weighted by molar-refractivity contribution is 6.35. The van der Waals surface area contributed by atoms with Crippen LogP contribution in [0.15, 0.2) is 35.6 Å². The van der Waals surface area contributed by atoms with Crippen LogP contribution in [0.25, 0.3) is 0 Å². The van der Waals surface area contributed by atoms with Crippen molar-refractivity contribution in [1.29, 1.82) is 0 Å². The molecule has 2 aromatic rings. The number of pyridine rings is 1. The molecule has 0 amide bonds. The Bertz CT molecular complexity index is 675. The van der Waals surface area contributed by atoms with Gasteiger partial charge >= 0.3 is 0 Å². The number of nitrogens with zero attached hydrogens (tertiary/aromatic N) is 2. The smallest absolute Gasteiger partial charge is 0.238 e. The summed E-state index contributed by atoms with van der Waals surface area (Å²) < 4.78 is 5.64. The van der Waals surface area contributed by atoms with Gasteiger partial charge in [0.05, 0.1) is 0 Å². The Morgan fingerprint density at radius 3 is 2.80 bits per heavy atom. The van der Waals surface area contributed by atoms with E-state index in [9.17, 15) is 0 Å². The SMILES string of the molecule is Cc1ccc(Cl)cc1Oc1nccc(/C(N)=N/O)c1Cl. The van der Waals surface area contributed by atoms with Crippen molar-refractivity contribution in [2.75, 3.05) is 0 Å². The highest BCUT2D eigenvalue weighted by Gasteiger charge is 2.14. The molecular formula is C13H11Cl2N3O2. The van der Waals surface area contributed by atoms with Crippen LogP contribution in [0.2, 0.25) is 10.0 Å². The van der Waals surface area contributed by atoms with E-state index in [4.69, 9.17) is 38.9 Å². The molecule has 104 valence electrons. The molecule has 0 unspecified atom stereocenters. The van der Waals surface area contributed by atoms with E-state index in [0.29, 0.717) is 16.3 Å². The number of aryl methyl sites for hydroxylation is 1. The maximum Gasteiger partial charge on any atom is 0.238 e. The van der Waals surface area contributed by atoms with Gasteiger partial charge in [0, 0.05) is 16.8 Å². The zero-order chi connectivity index (χ0) is 14.7. The summed E-state index contributed by atoms with van der Waals surface area (Å²) in [4.78, 5) is 4.03. The van der Waals surface area contributed by atoms with Crippen molar-refractivity contribution in [2.45, 2.75) is 6.92 Å². The Kier molecular flexibility index (Phi) is 4.32. The number of oxime groups is 1. The lowest BCUT2D eigenvalue weighted by atomic mass is 10.2. The van der Waals surface area contributed by atoms with E-state index in [1.165, 1.54) is 12.3 Å². The quantitative estimate of drug-likeness (QED) is 0.393. The highest BCUT2D eigenvalue weighted by atomic mass is 35.5. The maximum absolute atomic E-state index is 8.70. The third-order valence-electron chi connectivity index (χ3n) is 2.60. The summed E-state index contributed by atoms with van der Waals surface area (Å²) >= 11 is 12.1. The number of halogens is 2. The fraction of sp³-hybridized carbons (Fsp3) is 0.0769. The van der Waals surface area contributed by atoms with Crippen molar-refractivity contribution in [3.05, 3.63) is 51.6 Å². The summed E-state index contributed by atoms with van der Waals surface area (Å²) in [6.45, 7) is 1.87. The van der Waals surface area contributed by atoms with Gasteiger partial charge in [0.25, 0.3) is 0 Å². The van der Waals surface area contributed by atoms with Gasteiger partial charge in [-0.1, -0.05) is 34.4 Å². The van der Waals surface area contributed by atoms with E-state index in [2.05, 4.69) is 10.1 Å². The average molecular weight is 312 g/mol. The minimum absolute atomic E-state index is 0.120. The number of nitrogens with two attached hydrogens (primary N) is 1. The van der Waals surface area contributed by atoms with Gasteiger partial charge in [-0.3, -0.25) is 0 Å². The van der Waals surface area contributed by atoms with Crippen molar-refractivity contribution < 1.29 is 9.94 Å². The molecule has 0 radical (unpaired) electrons. The number of hydrogen-bond donors (Lipinski definition) is 2. The molecule has 0 aliphatic rings. The molecule has 1 aromatic heterocycles. The molecule has 0 saturated carbocycles. The van der Waals surface area contributed by atoms with Crippen LogP contribution < -0.4 is 10.5 Å². The lowest BCUT2D eigenvalue weighted by Crippen LogP contribution is -2.14. The summed E-state index contributed by atoms with van der Waals surface area (Å²) in [5.41, 5.74) is 6.73. The number of benzene rings is 1. The van der Waals surface area contributed by atoms with E-state index in [0.717, 1.165) is 5.56 Å². The predicted molar refractivity (Wildman–Crippen MR) is 78.0 cm³/mol. The van der Waals surface area contributed by atoms with E-state index in [-0.39, 0.29) is 16.7 Å². The van der Waals surface area contributed by atoms with E-state index >= 15 is 0 Å². The van der Waals surface area contributed by atoms with Gasteiger partial charge in [-0.15, -0.1) is 0 Å². The Morgan fingerprint density at radius 2 is 2.10 bits per heavy atom. The molecule has 0 atom stereocenters. The molecule has 20 heavy (non-hydrogen) atoms. The van der Waals surface area contributed by atoms with Gasteiger partial charge in [0.2, 0.25) is 5.88 Å². The lowest BCUT2D eigenvalue weighted by molar-refractivity contribution is 0.318. The molecular weight excluding hydrogens is 301 g/mol. The topological polar surface area (TPSA) is 80.7 Å². The standard InChI is InChI=1S/C13H11Cl2N3O2/c1-7-2-3-8(14)6-10(7)20-13-11(15)9(4-5-17-13)12(16)18-19/h2-6,19H,1H3,(H2,16,18). The monoisotopic (exact) mass is 311 g/mol. The number of hydrogen-bond acceptors (Lipinski definition) is 4. The van der Waals surface area contributed by atoms with Crippen LogP contribution in [0.3, 0.4) is 0 Å². The van der Waals surface area contributed by atoms with E-state index < -0.39 is 0 Å². The van der Waals surface area contributed by atoms with Gasteiger partial charge in [-0.05, 0) is 30.7 Å². The largest absolute Gasteiger partial charge is 0.437 e. The molecule has 0 fully saturated rings. The second-order valence-corrected chi connectivity index (χ2v) is 4.79. The van der Waals surface area contributed by atoms with Crippen LogP contribution in [0, 0.1) is 6.92 Å². The van der Waals surface area contributed by atoms with Crippen LogP contribution in [0.4, 0.5) is 0 Å². The summed E-state index contributed by atoms with van der Waals surface area (Å²) in [6, 6.07) is 6.75.